The molecule has 27 heavy (non-hydrogen) atoms. The van der Waals surface area contributed by atoms with Gasteiger partial charge in [0.25, 0.3) is 0 Å². The van der Waals surface area contributed by atoms with E-state index >= 15 is 0 Å². The van der Waals surface area contributed by atoms with E-state index in [-0.39, 0.29) is 11.8 Å². The van der Waals surface area contributed by atoms with Crippen LogP contribution in [0, 0.1) is 12.8 Å². The fraction of sp³-hybridized carbons (Fsp3) is 0.273. The fourth-order valence-electron chi connectivity index (χ4n) is 3.14. The maximum absolute atomic E-state index is 12.2. The summed E-state index contributed by atoms with van der Waals surface area (Å²) in [6.45, 7) is 2.63. The molecule has 1 heterocycles. The fourth-order valence-corrected chi connectivity index (χ4v) is 3.14. The lowest BCUT2D eigenvalue weighted by molar-refractivity contribution is -0.120. The van der Waals surface area contributed by atoms with E-state index in [0.717, 1.165) is 36.0 Å². The van der Waals surface area contributed by atoms with Crippen molar-refractivity contribution in [3.05, 3.63) is 65.9 Å². The average Bonchev–Trinajstić information content (AvgIpc) is 3.45. The van der Waals surface area contributed by atoms with Crippen LogP contribution in [0.3, 0.4) is 0 Å². The number of H-pyrrole nitrogens is 1. The van der Waals surface area contributed by atoms with Gasteiger partial charge in [-0.2, -0.15) is 0 Å². The zero-order valence-corrected chi connectivity index (χ0v) is 15.5. The molecular formula is C22H24N4O. The Morgan fingerprint density at radius 1 is 1.15 bits per heavy atom. The third kappa shape index (κ3) is 4.19. The zero-order valence-electron chi connectivity index (χ0n) is 15.5. The summed E-state index contributed by atoms with van der Waals surface area (Å²) in [5, 5.41) is 7.48. The highest BCUT2D eigenvalue weighted by Gasteiger charge is 2.30. The predicted molar refractivity (Wildman–Crippen MR) is 110 cm³/mol. The van der Waals surface area contributed by atoms with Gasteiger partial charge in [-0.05, 0) is 49.4 Å². The summed E-state index contributed by atoms with van der Waals surface area (Å²) in [6.07, 6.45) is 4.79. The van der Waals surface area contributed by atoms with Crippen molar-refractivity contribution in [1.29, 1.82) is 0 Å². The van der Waals surface area contributed by atoms with Crippen LogP contribution in [-0.4, -0.2) is 23.4 Å². The van der Waals surface area contributed by atoms with Crippen LogP contribution >= 0.6 is 0 Å². The Labute approximate surface area is 158 Å². The maximum Gasteiger partial charge on any atom is 0.229 e. The van der Waals surface area contributed by atoms with E-state index in [2.05, 4.69) is 32.7 Å². The highest BCUT2D eigenvalue weighted by molar-refractivity contribution is 6.05. The highest BCUT2D eigenvalue weighted by Crippen LogP contribution is 2.28. The molecule has 1 fully saturated rings. The number of amides is 1. The van der Waals surface area contributed by atoms with E-state index < -0.39 is 0 Å². The van der Waals surface area contributed by atoms with Gasteiger partial charge in [-0.1, -0.05) is 36.4 Å². The highest BCUT2D eigenvalue weighted by atomic mass is 16.2. The quantitative estimate of drug-likeness (QED) is 0.475. The molecule has 0 bridgehead atoms. The number of carbonyl (C=O) groups excluding carboxylic acids is 1. The minimum atomic E-state index is 0.0573. The second-order valence-electron chi connectivity index (χ2n) is 7.04. The van der Waals surface area contributed by atoms with Crippen LogP contribution in [0.25, 0.3) is 10.9 Å². The molecule has 0 aliphatic heterocycles. The van der Waals surface area contributed by atoms with Crippen LogP contribution in [0.15, 0.2) is 59.7 Å². The number of benzene rings is 2. The van der Waals surface area contributed by atoms with Crippen molar-refractivity contribution in [2.45, 2.75) is 26.2 Å². The number of carbonyl (C=O) groups is 1. The van der Waals surface area contributed by atoms with Gasteiger partial charge in [0, 0.05) is 35.2 Å². The number of para-hydroxylation sites is 2. The first kappa shape index (κ1) is 17.3. The predicted octanol–water partition coefficient (Wildman–Crippen LogP) is 4.01. The van der Waals surface area contributed by atoms with Crippen LogP contribution in [0.1, 0.15) is 24.0 Å². The van der Waals surface area contributed by atoms with E-state index in [1.165, 1.54) is 10.9 Å². The van der Waals surface area contributed by atoms with Gasteiger partial charge < -0.3 is 10.3 Å². The van der Waals surface area contributed by atoms with Gasteiger partial charge in [0.05, 0.1) is 0 Å². The van der Waals surface area contributed by atoms with E-state index in [0.29, 0.717) is 12.5 Å². The minimum absolute atomic E-state index is 0.0573. The van der Waals surface area contributed by atoms with E-state index in [1.54, 1.807) is 0 Å². The third-order valence-corrected chi connectivity index (χ3v) is 4.91. The van der Waals surface area contributed by atoms with E-state index in [4.69, 9.17) is 0 Å². The Kier molecular flexibility index (Phi) is 4.92. The number of nitrogens with one attached hydrogen (secondary N) is 3. The van der Waals surface area contributed by atoms with Crippen LogP contribution in [-0.2, 0) is 11.2 Å². The molecule has 1 aliphatic carbocycles. The maximum atomic E-state index is 12.2. The number of hydrogen-bond acceptors (Lipinski definition) is 2. The second-order valence-corrected chi connectivity index (χ2v) is 7.04. The molecule has 3 N–H and O–H groups in total. The van der Waals surface area contributed by atoms with Crippen molar-refractivity contribution >= 4 is 28.5 Å². The van der Waals surface area contributed by atoms with Gasteiger partial charge >= 0.3 is 0 Å². The summed E-state index contributed by atoms with van der Waals surface area (Å²) >= 11 is 0. The first-order chi connectivity index (χ1) is 13.2. The molecule has 138 valence electrons. The number of aromatic amines is 1. The summed E-state index contributed by atoms with van der Waals surface area (Å²) < 4.78 is 0. The molecule has 1 aliphatic rings. The molecule has 3 aromatic rings. The third-order valence-electron chi connectivity index (χ3n) is 4.91. The number of hydrogen-bond donors (Lipinski definition) is 3. The van der Waals surface area contributed by atoms with Gasteiger partial charge in [0.15, 0.2) is 0 Å². The first-order valence-corrected chi connectivity index (χ1v) is 9.43. The van der Waals surface area contributed by atoms with Crippen LogP contribution < -0.4 is 10.6 Å². The number of fused-ring (bicyclic) bond motifs is 1. The van der Waals surface area contributed by atoms with Crippen molar-refractivity contribution in [2.75, 3.05) is 11.9 Å². The van der Waals surface area contributed by atoms with E-state index in [9.17, 15) is 4.79 Å². The van der Waals surface area contributed by atoms with E-state index in [1.807, 2.05) is 49.5 Å². The largest absolute Gasteiger partial charge is 0.361 e. The standard InChI is InChI=1S/C22H24N4O/c1-15-6-2-4-8-19(15)25-22(26-21(27)16-10-11-16)23-13-12-17-14-24-20-9-5-3-7-18(17)20/h2-9,14,16,24H,10-13H2,1H3,(H2,23,25,26,27). The molecule has 5 heteroatoms. The topological polar surface area (TPSA) is 69.3 Å². The lowest BCUT2D eigenvalue weighted by atomic mass is 10.1. The van der Waals surface area contributed by atoms with Crippen molar-refractivity contribution in [1.82, 2.24) is 10.3 Å². The van der Waals surface area contributed by atoms with Gasteiger partial charge in [-0.25, -0.2) is 0 Å². The van der Waals surface area contributed by atoms with Gasteiger partial charge in [0.1, 0.15) is 0 Å². The van der Waals surface area contributed by atoms with Gasteiger partial charge in [0.2, 0.25) is 11.9 Å². The van der Waals surface area contributed by atoms with Crippen molar-refractivity contribution in [3.63, 3.8) is 0 Å². The molecule has 1 saturated carbocycles. The molecule has 0 radical (unpaired) electrons. The van der Waals surface area contributed by atoms with Crippen LogP contribution in [0.2, 0.25) is 0 Å². The lowest BCUT2D eigenvalue weighted by Crippen LogP contribution is -2.37. The number of guanidine groups is 1. The number of rotatable bonds is 5. The summed E-state index contributed by atoms with van der Waals surface area (Å²) in [5.41, 5.74) is 4.44. The van der Waals surface area contributed by atoms with Crippen LogP contribution in [0.5, 0.6) is 0 Å². The molecule has 0 unspecified atom stereocenters. The smallest absolute Gasteiger partial charge is 0.229 e. The monoisotopic (exact) mass is 360 g/mol. The molecule has 0 atom stereocenters. The Morgan fingerprint density at radius 2 is 1.93 bits per heavy atom. The Hall–Kier alpha value is -3.08. The van der Waals surface area contributed by atoms with Crippen molar-refractivity contribution in [3.8, 4) is 0 Å². The molecule has 2 aromatic carbocycles. The normalized spacial score (nSPS) is 14.3. The number of anilines is 1. The molecule has 4 rings (SSSR count). The first-order valence-electron chi connectivity index (χ1n) is 9.43. The van der Waals surface area contributed by atoms with Gasteiger partial charge in [-0.3, -0.25) is 15.1 Å². The number of aryl methyl sites for hydroxylation is 1. The second kappa shape index (κ2) is 7.66. The Balaban J connectivity index is 1.48. The Morgan fingerprint density at radius 3 is 2.74 bits per heavy atom. The zero-order chi connectivity index (χ0) is 18.6. The lowest BCUT2D eigenvalue weighted by Gasteiger charge is -2.13. The minimum Gasteiger partial charge on any atom is -0.361 e. The molecule has 1 amide bonds. The summed E-state index contributed by atoms with van der Waals surface area (Å²) in [6, 6.07) is 16.3. The summed E-state index contributed by atoms with van der Waals surface area (Å²) in [5.74, 6) is 0.727. The SMILES string of the molecule is Cc1ccccc1NC(=NCCc1c[nH]c2ccccc12)NC(=O)C1CC1. The summed E-state index contributed by atoms with van der Waals surface area (Å²) in [7, 11) is 0. The van der Waals surface area contributed by atoms with Crippen molar-refractivity contribution < 1.29 is 4.79 Å². The molecule has 0 spiro atoms. The Bertz CT molecular complexity index is 985. The molecule has 1 aromatic heterocycles. The number of aromatic nitrogens is 1. The number of aliphatic imine (C=N–C) groups is 1. The molecule has 0 saturated heterocycles. The number of nitrogens with zero attached hydrogens (tertiary/aromatic N) is 1. The summed E-state index contributed by atoms with van der Waals surface area (Å²) in [4.78, 5) is 20.2. The average molecular weight is 360 g/mol. The van der Waals surface area contributed by atoms with Gasteiger partial charge in [-0.15, -0.1) is 0 Å². The van der Waals surface area contributed by atoms with Crippen molar-refractivity contribution in [2.24, 2.45) is 10.9 Å². The molecule has 5 nitrogen and oxygen atoms in total. The molecular weight excluding hydrogens is 336 g/mol. The van der Waals surface area contributed by atoms with Crippen LogP contribution in [0.4, 0.5) is 5.69 Å².